The number of benzene rings is 1. The van der Waals surface area contributed by atoms with Gasteiger partial charge in [-0.15, -0.1) is 0 Å². The highest BCUT2D eigenvalue weighted by molar-refractivity contribution is 7.89. The Balaban J connectivity index is 2.40. The summed E-state index contributed by atoms with van der Waals surface area (Å²) < 4.78 is 39.7. The molecular weight excluding hydrogens is 267 g/mol. The lowest BCUT2D eigenvalue weighted by Crippen LogP contribution is -2.38. The van der Waals surface area contributed by atoms with E-state index in [2.05, 4.69) is 0 Å². The number of sulfonamides is 1. The Labute approximate surface area is 113 Å². The van der Waals surface area contributed by atoms with Crippen LogP contribution < -0.4 is 5.73 Å². The predicted molar refractivity (Wildman–Crippen MR) is 72.6 cm³/mol. The van der Waals surface area contributed by atoms with E-state index >= 15 is 0 Å². The highest BCUT2D eigenvalue weighted by Gasteiger charge is 2.31. The molecule has 1 saturated heterocycles. The maximum absolute atomic E-state index is 13.0. The predicted octanol–water partition coefficient (Wildman–Crippen LogP) is 2.36. The molecule has 0 bridgehead atoms. The topological polar surface area (TPSA) is 63.4 Å². The van der Waals surface area contributed by atoms with Gasteiger partial charge in [0.25, 0.3) is 0 Å². The molecule has 19 heavy (non-hydrogen) atoms. The van der Waals surface area contributed by atoms with E-state index < -0.39 is 15.8 Å². The van der Waals surface area contributed by atoms with E-state index in [1.54, 1.807) is 0 Å². The third-order valence-corrected chi connectivity index (χ3v) is 5.64. The Morgan fingerprint density at radius 3 is 2.74 bits per heavy atom. The molecule has 0 amide bonds. The SMILES string of the molecule is CC1CCCCCN1S(=O)(=O)c1ccc(F)cc1N. The summed E-state index contributed by atoms with van der Waals surface area (Å²) >= 11 is 0. The summed E-state index contributed by atoms with van der Waals surface area (Å²) in [5.74, 6) is -0.527. The van der Waals surface area contributed by atoms with Gasteiger partial charge in [-0.25, -0.2) is 12.8 Å². The molecule has 1 heterocycles. The first kappa shape index (κ1) is 14.3. The van der Waals surface area contributed by atoms with E-state index in [0.717, 1.165) is 37.8 Å². The van der Waals surface area contributed by atoms with E-state index in [-0.39, 0.29) is 16.6 Å². The number of nitrogens with zero attached hydrogens (tertiary/aromatic N) is 1. The normalized spacial score (nSPS) is 22.1. The van der Waals surface area contributed by atoms with Gasteiger partial charge < -0.3 is 5.73 Å². The standard InChI is InChI=1S/C13H19FN2O2S/c1-10-5-3-2-4-8-16(10)19(17,18)13-7-6-11(14)9-12(13)15/h6-7,9-10H,2-5,8,15H2,1H3. The number of nitrogens with two attached hydrogens (primary N) is 1. The molecule has 0 aromatic heterocycles. The van der Waals surface area contributed by atoms with Crippen molar-refractivity contribution in [2.24, 2.45) is 0 Å². The number of anilines is 1. The Kier molecular flexibility index (Phi) is 4.10. The molecule has 1 fully saturated rings. The fourth-order valence-corrected chi connectivity index (χ4v) is 4.28. The van der Waals surface area contributed by atoms with Crippen LogP contribution in [0.1, 0.15) is 32.6 Å². The molecule has 6 heteroatoms. The summed E-state index contributed by atoms with van der Waals surface area (Å²) in [6, 6.07) is 3.38. The van der Waals surface area contributed by atoms with E-state index in [0.29, 0.717) is 6.54 Å². The fourth-order valence-electron chi connectivity index (χ4n) is 2.49. The van der Waals surface area contributed by atoms with Crippen LogP contribution in [0.2, 0.25) is 0 Å². The summed E-state index contributed by atoms with van der Waals surface area (Å²) in [6.07, 6.45) is 3.77. The van der Waals surface area contributed by atoms with Crippen molar-refractivity contribution in [1.82, 2.24) is 4.31 Å². The summed E-state index contributed by atoms with van der Waals surface area (Å²) in [4.78, 5) is 0.00245. The van der Waals surface area contributed by atoms with Crippen molar-refractivity contribution in [3.05, 3.63) is 24.0 Å². The van der Waals surface area contributed by atoms with E-state index in [9.17, 15) is 12.8 Å². The maximum atomic E-state index is 13.0. The number of hydrogen-bond donors (Lipinski definition) is 1. The van der Waals surface area contributed by atoms with Crippen molar-refractivity contribution in [3.63, 3.8) is 0 Å². The van der Waals surface area contributed by atoms with Gasteiger partial charge in [-0.1, -0.05) is 12.8 Å². The van der Waals surface area contributed by atoms with E-state index in [4.69, 9.17) is 5.73 Å². The van der Waals surface area contributed by atoms with Gasteiger partial charge in [0.1, 0.15) is 10.7 Å². The molecule has 0 saturated carbocycles. The van der Waals surface area contributed by atoms with Crippen LogP contribution in [-0.4, -0.2) is 25.3 Å². The Bertz CT molecular complexity index is 560. The maximum Gasteiger partial charge on any atom is 0.245 e. The van der Waals surface area contributed by atoms with Gasteiger partial charge in [0.2, 0.25) is 10.0 Å². The van der Waals surface area contributed by atoms with Gasteiger partial charge in [0.05, 0.1) is 5.69 Å². The zero-order chi connectivity index (χ0) is 14.0. The second-order valence-electron chi connectivity index (χ2n) is 5.00. The van der Waals surface area contributed by atoms with E-state index in [1.165, 1.54) is 10.4 Å². The minimum Gasteiger partial charge on any atom is -0.398 e. The summed E-state index contributed by atoms with van der Waals surface area (Å²) in [7, 11) is -3.64. The minimum absolute atomic E-state index is 0.00245. The molecule has 0 spiro atoms. The van der Waals surface area contributed by atoms with Crippen molar-refractivity contribution in [3.8, 4) is 0 Å². The highest BCUT2D eigenvalue weighted by Crippen LogP contribution is 2.28. The molecule has 1 aromatic carbocycles. The molecule has 0 aliphatic carbocycles. The number of rotatable bonds is 2. The molecular formula is C13H19FN2O2S. The molecule has 1 atom stereocenters. The average molecular weight is 286 g/mol. The van der Waals surface area contributed by atoms with Crippen LogP contribution in [0.4, 0.5) is 10.1 Å². The third kappa shape index (κ3) is 2.90. The number of halogens is 1. The lowest BCUT2D eigenvalue weighted by atomic mass is 10.1. The molecule has 106 valence electrons. The molecule has 2 rings (SSSR count). The largest absolute Gasteiger partial charge is 0.398 e. The number of hydrogen-bond acceptors (Lipinski definition) is 3. The fraction of sp³-hybridized carbons (Fsp3) is 0.538. The quantitative estimate of drug-likeness (QED) is 0.849. The second kappa shape index (κ2) is 5.46. The highest BCUT2D eigenvalue weighted by atomic mass is 32.2. The first-order valence-electron chi connectivity index (χ1n) is 6.50. The van der Waals surface area contributed by atoms with Crippen molar-refractivity contribution in [1.29, 1.82) is 0 Å². The average Bonchev–Trinajstić information content (AvgIpc) is 2.53. The number of nitrogen functional groups attached to an aromatic ring is 1. The molecule has 1 aliphatic heterocycles. The smallest absolute Gasteiger partial charge is 0.245 e. The molecule has 1 aromatic rings. The molecule has 0 radical (unpaired) electrons. The Morgan fingerprint density at radius 1 is 1.32 bits per heavy atom. The molecule has 1 unspecified atom stereocenters. The van der Waals surface area contributed by atoms with Gasteiger partial charge >= 0.3 is 0 Å². The summed E-state index contributed by atoms with van der Waals surface area (Å²) in [5, 5.41) is 0. The first-order valence-corrected chi connectivity index (χ1v) is 7.94. The van der Waals surface area contributed by atoms with Crippen LogP contribution in [-0.2, 0) is 10.0 Å². The van der Waals surface area contributed by atoms with E-state index in [1.807, 2.05) is 6.92 Å². The van der Waals surface area contributed by atoms with Crippen molar-refractivity contribution >= 4 is 15.7 Å². The monoisotopic (exact) mass is 286 g/mol. The molecule has 1 aliphatic rings. The van der Waals surface area contributed by atoms with Crippen LogP contribution in [0, 0.1) is 5.82 Å². The van der Waals surface area contributed by atoms with Crippen molar-refractivity contribution in [2.75, 3.05) is 12.3 Å². The van der Waals surface area contributed by atoms with Gasteiger partial charge in [-0.2, -0.15) is 4.31 Å². The minimum atomic E-state index is -3.64. The van der Waals surface area contributed by atoms with Crippen molar-refractivity contribution < 1.29 is 12.8 Å². The zero-order valence-corrected chi connectivity index (χ0v) is 11.8. The van der Waals surface area contributed by atoms with Crippen LogP contribution in [0.3, 0.4) is 0 Å². The third-order valence-electron chi connectivity index (χ3n) is 3.55. The molecule has 4 nitrogen and oxygen atoms in total. The second-order valence-corrected chi connectivity index (χ2v) is 6.86. The lowest BCUT2D eigenvalue weighted by molar-refractivity contribution is 0.342. The van der Waals surface area contributed by atoms with Crippen molar-refractivity contribution in [2.45, 2.75) is 43.5 Å². The van der Waals surface area contributed by atoms with Gasteiger partial charge in [0, 0.05) is 12.6 Å². The summed E-state index contributed by atoms with van der Waals surface area (Å²) in [6.45, 7) is 2.41. The van der Waals surface area contributed by atoms with Crippen LogP contribution in [0.25, 0.3) is 0 Å². The Morgan fingerprint density at radius 2 is 2.05 bits per heavy atom. The summed E-state index contributed by atoms with van der Waals surface area (Å²) in [5.41, 5.74) is 5.62. The van der Waals surface area contributed by atoms with Gasteiger partial charge in [-0.3, -0.25) is 0 Å². The Hall–Kier alpha value is -1.14. The van der Waals surface area contributed by atoms with Crippen LogP contribution in [0.5, 0.6) is 0 Å². The van der Waals surface area contributed by atoms with Crippen LogP contribution >= 0.6 is 0 Å². The zero-order valence-electron chi connectivity index (χ0n) is 11.0. The van der Waals surface area contributed by atoms with Crippen LogP contribution in [0.15, 0.2) is 23.1 Å². The first-order chi connectivity index (χ1) is 8.93. The molecule has 2 N–H and O–H groups in total. The van der Waals surface area contributed by atoms with Gasteiger partial charge in [-0.05, 0) is 38.0 Å². The lowest BCUT2D eigenvalue weighted by Gasteiger charge is -2.26. The van der Waals surface area contributed by atoms with Gasteiger partial charge in [0.15, 0.2) is 0 Å².